The predicted octanol–water partition coefficient (Wildman–Crippen LogP) is 4.34. The number of hydrogen-bond donors (Lipinski definition) is 3. The molecule has 0 radical (unpaired) electrons. The van der Waals surface area contributed by atoms with Crippen LogP contribution in [-0.2, 0) is 5.75 Å². The van der Waals surface area contributed by atoms with Gasteiger partial charge >= 0.3 is 0 Å². The molecule has 2 amide bonds. The maximum atomic E-state index is 12.4. The number of carbonyl (C=O) groups is 2. The van der Waals surface area contributed by atoms with Gasteiger partial charge in [-0.05, 0) is 55.0 Å². The third-order valence-corrected chi connectivity index (χ3v) is 5.92. The number of fused-ring (bicyclic) bond motifs is 1. The molecular weight excluding hydrogens is 452 g/mol. The van der Waals surface area contributed by atoms with Crippen molar-refractivity contribution in [2.75, 3.05) is 13.7 Å². The van der Waals surface area contributed by atoms with Crippen LogP contribution in [0.1, 0.15) is 33.2 Å². The van der Waals surface area contributed by atoms with Gasteiger partial charge in [-0.3, -0.25) is 20.4 Å². The molecule has 0 aliphatic rings. The Hall–Kier alpha value is -3.98. The van der Waals surface area contributed by atoms with Gasteiger partial charge in [-0.15, -0.1) is 0 Å². The molecule has 4 rings (SSSR count). The molecule has 34 heavy (non-hydrogen) atoms. The molecule has 4 aromatic rings. The smallest absolute Gasteiger partial charge is 0.269 e. The Morgan fingerprint density at radius 2 is 1.65 bits per heavy atom. The van der Waals surface area contributed by atoms with Gasteiger partial charge in [0, 0.05) is 16.9 Å². The molecule has 0 atom stereocenters. The SMILES string of the molecule is CCOc1cc(C(=O)NNC(=O)c2ccc(CSc3nc4ccccc4[nH]3)cc2)ccc1OC. The first kappa shape index (κ1) is 23.2. The van der Waals surface area contributed by atoms with Gasteiger partial charge in [0.05, 0.1) is 24.8 Å². The van der Waals surface area contributed by atoms with Crippen LogP contribution in [0, 0.1) is 0 Å². The van der Waals surface area contributed by atoms with E-state index in [1.54, 1.807) is 42.1 Å². The summed E-state index contributed by atoms with van der Waals surface area (Å²) in [5.41, 5.74) is 8.62. The second-order valence-electron chi connectivity index (χ2n) is 7.25. The number of hydrazine groups is 1. The van der Waals surface area contributed by atoms with Crippen molar-refractivity contribution in [3.8, 4) is 11.5 Å². The molecule has 0 saturated carbocycles. The number of para-hydroxylation sites is 2. The minimum absolute atomic E-state index is 0.336. The first-order valence-electron chi connectivity index (χ1n) is 10.7. The maximum absolute atomic E-state index is 12.4. The van der Waals surface area contributed by atoms with E-state index < -0.39 is 11.8 Å². The van der Waals surface area contributed by atoms with Crippen LogP contribution < -0.4 is 20.3 Å². The minimum Gasteiger partial charge on any atom is -0.493 e. The summed E-state index contributed by atoms with van der Waals surface area (Å²) in [7, 11) is 1.53. The number of H-pyrrole nitrogens is 1. The second kappa shape index (κ2) is 10.8. The van der Waals surface area contributed by atoms with Crippen molar-refractivity contribution in [2.24, 2.45) is 0 Å². The Balaban J connectivity index is 1.31. The molecule has 0 unspecified atom stereocenters. The van der Waals surface area contributed by atoms with Crippen molar-refractivity contribution >= 4 is 34.6 Å². The molecule has 1 heterocycles. The Morgan fingerprint density at radius 3 is 2.35 bits per heavy atom. The maximum Gasteiger partial charge on any atom is 0.269 e. The van der Waals surface area contributed by atoms with E-state index in [2.05, 4.69) is 20.8 Å². The number of rotatable bonds is 8. The molecule has 0 bridgehead atoms. The second-order valence-corrected chi connectivity index (χ2v) is 8.22. The summed E-state index contributed by atoms with van der Waals surface area (Å²) in [6, 6.07) is 19.9. The summed E-state index contributed by atoms with van der Waals surface area (Å²) in [6.07, 6.45) is 0. The summed E-state index contributed by atoms with van der Waals surface area (Å²) >= 11 is 1.59. The Labute approximate surface area is 201 Å². The quantitative estimate of drug-likeness (QED) is 0.258. The van der Waals surface area contributed by atoms with Gasteiger partial charge in [0.2, 0.25) is 0 Å². The highest BCUT2D eigenvalue weighted by molar-refractivity contribution is 7.98. The largest absolute Gasteiger partial charge is 0.493 e. The lowest BCUT2D eigenvalue weighted by molar-refractivity contribution is 0.0846. The molecule has 0 aliphatic heterocycles. The van der Waals surface area contributed by atoms with E-state index in [0.717, 1.165) is 21.8 Å². The fourth-order valence-corrected chi connectivity index (χ4v) is 4.09. The summed E-state index contributed by atoms with van der Waals surface area (Å²) in [5.74, 6) is 0.818. The van der Waals surface area contributed by atoms with Crippen LogP contribution in [0.5, 0.6) is 11.5 Å². The number of aromatic nitrogens is 2. The lowest BCUT2D eigenvalue weighted by atomic mass is 10.1. The molecule has 9 heteroatoms. The van der Waals surface area contributed by atoms with Crippen LogP contribution in [0.3, 0.4) is 0 Å². The molecule has 8 nitrogen and oxygen atoms in total. The van der Waals surface area contributed by atoms with Gasteiger partial charge in [-0.25, -0.2) is 4.98 Å². The molecule has 1 aromatic heterocycles. The van der Waals surface area contributed by atoms with Gasteiger partial charge in [0.25, 0.3) is 11.8 Å². The number of ether oxygens (including phenoxy) is 2. The summed E-state index contributed by atoms with van der Waals surface area (Å²) in [5, 5.41) is 0.844. The van der Waals surface area contributed by atoms with E-state index in [-0.39, 0.29) is 0 Å². The Kier molecular flexibility index (Phi) is 7.34. The molecule has 0 saturated heterocycles. The molecule has 0 aliphatic carbocycles. The van der Waals surface area contributed by atoms with E-state index in [9.17, 15) is 9.59 Å². The number of carbonyl (C=O) groups excluding carboxylic acids is 2. The zero-order chi connectivity index (χ0) is 23.9. The number of methoxy groups -OCH3 is 1. The van der Waals surface area contributed by atoms with Gasteiger partial charge < -0.3 is 14.5 Å². The number of aromatic amines is 1. The van der Waals surface area contributed by atoms with Crippen LogP contribution in [0.15, 0.2) is 71.9 Å². The molecule has 3 aromatic carbocycles. The van der Waals surface area contributed by atoms with E-state index >= 15 is 0 Å². The van der Waals surface area contributed by atoms with Crippen LogP contribution in [-0.4, -0.2) is 35.5 Å². The summed E-state index contributed by atoms with van der Waals surface area (Å²) in [6.45, 7) is 2.28. The van der Waals surface area contributed by atoms with Crippen LogP contribution in [0.4, 0.5) is 0 Å². The summed E-state index contributed by atoms with van der Waals surface area (Å²) < 4.78 is 10.7. The van der Waals surface area contributed by atoms with Gasteiger partial charge in [-0.1, -0.05) is 36.0 Å². The van der Waals surface area contributed by atoms with Crippen molar-refractivity contribution in [3.05, 3.63) is 83.4 Å². The molecule has 3 N–H and O–H groups in total. The normalized spacial score (nSPS) is 10.6. The zero-order valence-corrected chi connectivity index (χ0v) is 19.6. The average molecular weight is 477 g/mol. The highest BCUT2D eigenvalue weighted by atomic mass is 32.2. The average Bonchev–Trinajstić information content (AvgIpc) is 3.29. The van der Waals surface area contributed by atoms with E-state index in [4.69, 9.17) is 9.47 Å². The number of nitrogens with one attached hydrogen (secondary N) is 3. The van der Waals surface area contributed by atoms with Gasteiger partial charge in [-0.2, -0.15) is 0 Å². The van der Waals surface area contributed by atoms with E-state index in [1.165, 1.54) is 7.11 Å². The number of imidazole rings is 1. The molecular formula is C25H24N4O4S. The van der Waals surface area contributed by atoms with Crippen LogP contribution in [0.2, 0.25) is 0 Å². The van der Waals surface area contributed by atoms with Crippen LogP contribution in [0.25, 0.3) is 11.0 Å². The highest BCUT2D eigenvalue weighted by Crippen LogP contribution is 2.28. The third kappa shape index (κ3) is 5.49. The monoisotopic (exact) mass is 476 g/mol. The van der Waals surface area contributed by atoms with Crippen LogP contribution >= 0.6 is 11.8 Å². The predicted molar refractivity (Wildman–Crippen MR) is 131 cm³/mol. The van der Waals surface area contributed by atoms with Crippen molar-refractivity contribution in [3.63, 3.8) is 0 Å². The fourth-order valence-electron chi connectivity index (χ4n) is 3.25. The number of amides is 2. The van der Waals surface area contributed by atoms with E-state index in [1.807, 2.05) is 43.3 Å². The highest BCUT2D eigenvalue weighted by Gasteiger charge is 2.13. The van der Waals surface area contributed by atoms with Crippen molar-refractivity contribution < 1.29 is 19.1 Å². The zero-order valence-electron chi connectivity index (χ0n) is 18.8. The standard InChI is InChI=1S/C25H24N4O4S/c1-3-33-22-14-18(12-13-21(22)32-2)24(31)29-28-23(30)17-10-8-16(9-11-17)15-34-25-26-19-6-4-5-7-20(19)27-25/h4-14H,3,15H2,1-2H3,(H,26,27)(H,28,30)(H,29,31). The van der Waals surface area contributed by atoms with Gasteiger partial charge in [0.15, 0.2) is 16.7 Å². The lowest BCUT2D eigenvalue weighted by Gasteiger charge is -2.12. The number of nitrogens with zero attached hydrogens (tertiary/aromatic N) is 1. The number of hydrogen-bond acceptors (Lipinski definition) is 6. The fraction of sp³-hybridized carbons (Fsp3) is 0.160. The van der Waals surface area contributed by atoms with E-state index in [0.29, 0.717) is 35.0 Å². The molecule has 0 fully saturated rings. The number of thioether (sulfide) groups is 1. The third-order valence-electron chi connectivity index (χ3n) is 4.97. The Morgan fingerprint density at radius 1 is 0.941 bits per heavy atom. The minimum atomic E-state index is -0.462. The Bertz CT molecular complexity index is 1270. The van der Waals surface area contributed by atoms with Crippen molar-refractivity contribution in [1.29, 1.82) is 0 Å². The lowest BCUT2D eigenvalue weighted by Crippen LogP contribution is -2.41. The molecule has 0 spiro atoms. The van der Waals surface area contributed by atoms with Crippen molar-refractivity contribution in [1.82, 2.24) is 20.8 Å². The molecule has 174 valence electrons. The van der Waals surface area contributed by atoms with Crippen molar-refractivity contribution in [2.45, 2.75) is 17.8 Å². The summed E-state index contributed by atoms with van der Waals surface area (Å²) in [4.78, 5) is 32.7. The van der Waals surface area contributed by atoms with Gasteiger partial charge in [0.1, 0.15) is 0 Å². The first-order chi connectivity index (χ1) is 16.6. The first-order valence-corrected chi connectivity index (χ1v) is 11.6. The topological polar surface area (TPSA) is 105 Å². The number of benzene rings is 3.